The summed E-state index contributed by atoms with van der Waals surface area (Å²) in [6.07, 6.45) is -0.0723. The number of carbonyl (C=O) groups excluding carboxylic acids is 1. The molecule has 1 unspecified atom stereocenters. The summed E-state index contributed by atoms with van der Waals surface area (Å²) >= 11 is 0. The van der Waals surface area contributed by atoms with Gasteiger partial charge in [-0.2, -0.15) is 18.3 Å². The van der Waals surface area contributed by atoms with E-state index in [0.717, 1.165) is 16.7 Å². The fourth-order valence-electron chi connectivity index (χ4n) is 3.25. The summed E-state index contributed by atoms with van der Waals surface area (Å²) in [6.45, 7) is 2.94. The number of imidazole rings is 1. The standard InChI is InChI=1S/C16H22F3N7O/c1-4-26-13(16(17,18)19)11(9-21-26)22-15(27)25-8-7-23(2)12(10-25)14-20-5-6-24(14)3/h5-6,9,12H,4,7-8,10H2,1-3H3,(H,22,27). The van der Waals surface area contributed by atoms with Crippen molar-refractivity contribution >= 4 is 11.7 Å². The van der Waals surface area contributed by atoms with Crippen molar-refractivity contribution in [2.45, 2.75) is 25.7 Å². The first kappa shape index (κ1) is 19.2. The highest BCUT2D eigenvalue weighted by molar-refractivity contribution is 5.90. The Balaban J connectivity index is 1.77. The first-order valence-corrected chi connectivity index (χ1v) is 8.58. The van der Waals surface area contributed by atoms with Gasteiger partial charge in [-0.3, -0.25) is 9.58 Å². The van der Waals surface area contributed by atoms with Gasteiger partial charge in [0.2, 0.25) is 0 Å². The van der Waals surface area contributed by atoms with Crippen LogP contribution >= 0.6 is 0 Å². The lowest BCUT2D eigenvalue weighted by atomic mass is 10.1. The molecule has 2 aromatic heterocycles. The Morgan fingerprint density at radius 1 is 1.33 bits per heavy atom. The second-order valence-electron chi connectivity index (χ2n) is 6.49. The molecule has 11 heteroatoms. The third-order valence-electron chi connectivity index (χ3n) is 4.74. The van der Waals surface area contributed by atoms with Crippen LogP contribution in [-0.2, 0) is 19.8 Å². The number of hydrogen-bond donors (Lipinski definition) is 1. The first-order chi connectivity index (χ1) is 12.7. The van der Waals surface area contributed by atoms with E-state index in [1.165, 1.54) is 4.90 Å². The Hall–Kier alpha value is -2.56. The van der Waals surface area contributed by atoms with Crippen molar-refractivity contribution in [3.8, 4) is 0 Å². The molecule has 1 aliphatic rings. The fourth-order valence-corrected chi connectivity index (χ4v) is 3.25. The molecule has 8 nitrogen and oxygen atoms in total. The summed E-state index contributed by atoms with van der Waals surface area (Å²) in [5.41, 5.74) is -1.28. The van der Waals surface area contributed by atoms with E-state index in [9.17, 15) is 18.0 Å². The molecular weight excluding hydrogens is 363 g/mol. The number of aryl methyl sites for hydroxylation is 2. The third kappa shape index (κ3) is 3.77. The molecule has 2 amide bonds. The van der Waals surface area contributed by atoms with Gasteiger partial charge in [0, 0.05) is 45.6 Å². The number of hydrogen-bond acceptors (Lipinski definition) is 4. The van der Waals surface area contributed by atoms with Gasteiger partial charge in [-0.05, 0) is 14.0 Å². The second-order valence-corrected chi connectivity index (χ2v) is 6.49. The van der Waals surface area contributed by atoms with Crippen molar-refractivity contribution in [1.29, 1.82) is 0 Å². The number of urea groups is 1. The molecule has 1 N–H and O–H groups in total. The van der Waals surface area contributed by atoms with E-state index < -0.39 is 17.9 Å². The molecule has 1 aliphatic heterocycles. The maximum atomic E-state index is 13.3. The van der Waals surface area contributed by atoms with Crippen molar-refractivity contribution in [3.63, 3.8) is 0 Å². The first-order valence-electron chi connectivity index (χ1n) is 8.58. The van der Waals surface area contributed by atoms with Crippen molar-refractivity contribution < 1.29 is 18.0 Å². The van der Waals surface area contributed by atoms with Crippen LogP contribution in [0, 0.1) is 0 Å². The molecule has 0 bridgehead atoms. The third-order valence-corrected chi connectivity index (χ3v) is 4.74. The van der Waals surface area contributed by atoms with Crippen molar-refractivity contribution in [2.75, 3.05) is 32.0 Å². The fraction of sp³-hybridized carbons (Fsp3) is 0.562. The Bertz CT molecular complexity index is 813. The van der Waals surface area contributed by atoms with E-state index in [1.54, 1.807) is 13.1 Å². The quantitative estimate of drug-likeness (QED) is 0.879. The van der Waals surface area contributed by atoms with Crippen molar-refractivity contribution in [2.24, 2.45) is 7.05 Å². The number of nitrogens with one attached hydrogen (secondary N) is 1. The van der Waals surface area contributed by atoms with Crippen LogP contribution in [0.4, 0.5) is 23.7 Å². The van der Waals surface area contributed by atoms with Gasteiger partial charge in [0.1, 0.15) is 5.82 Å². The van der Waals surface area contributed by atoms with Crippen molar-refractivity contribution in [1.82, 2.24) is 29.1 Å². The summed E-state index contributed by atoms with van der Waals surface area (Å²) in [5.74, 6) is 0.796. The van der Waals surface area contributed by atoms with E-state index in [0.29, 0.717) is 19.6 Å². The zero-order valence-corrected chi connectivity index (χ0v) is 15.4. The molecule has 3 rings (SSSR count). The van der Waals surface area contributed by atoms with Gasteiger partial charge < -0.3 is 14.8 Å². The zero-order valence-electron chi connectivity index (χ0n) is 15.4. The van der Waals surface area contributed by atoms with E-state index in [2.05, 4.69) is 20.3 Å². The van der Waals surface area contributed by atoms with Crippen molar-refractivity contribution in [3.05, 3.63) is 30.1 Å². The van der Waals surface area contributed by atoms with E-state index in [1.807, 2.05) is 24.9 Å². The molecule has 27 heavy (non-hydrogen) atoms. The van der Waals surface area contributed by atoms with Gasteiger partial charge in [-0.15, -0.1) is 0 Å². The van der Waals surface area contributed by atoms with E-state index in [-0.39, 0.29) is 18.3 Å². The van der Waals surface area contributed by atoms with Gasteiger partial charge in [-0.1, -0.05) is 0 Å². The minimum atomic E-state index is -4.60. The average molecular weight is 385 g/mol. The van der Waals surface area contributed by atoms with Gasteiger partial charge >= 0.3 is 12.2 Å². The number of anilines is 1. The maximum Gasteiger partial charge on any atom is 0.435 e. The Labute approximate surface area is 154 Å². The summed E-state index contributed by atoms with van der Waals surface area (Å²) in [6, 6.07) is -0.714. The summed E-state index contributed by atoms with van der Waals surface area (Å²) in [4.78, 5) is 20.5. The average Bonchev–Trinajstić information content (AvgIpc) is 3.20. The lowest BCUT2D eigenvalue weighted by Gasteiger charge is -2.38. The molecule has 1 fully saturated rings. The number of likely N-dealkylation sites (N-methyl/N-ethyl adjacent to an activating group) is 1. The predicted octanol–water partition coefficient (Wildman–Crippen LogP) is 2.18. The highest BCUT2D eigenvalue weighted by Gasteiger charge is 2.39. The van der Waals surface area contributed by atoms with Crippen LogP contribution in [-0.4, -0.2) is 61.8 Å². The monoisotopic (exact) mass is 385 g/mol. The van der Waals surface area contributed by atoms with Crippen LogP contribution in [0.25, 0.3) is 0 Å². The largest absolute Gasteiger partial charge is 0.435 e. The molecule has 1 saturated heterocycles. The molecule has 0 saturated carbocycles. The van der Waals surface area contributed by atoms with Gasteiger partial charge in [0.05, 0.1) is 17.9 Å². The lowest BCUT2D eigenvalue weighted by molar-refractivity contribution is -0.143. The highest BCUT2D eigenvalue weighted by atomic mass is 19.4. The van der Waals surface area contributed by atoms with Gasteiger partial charge in [0.15, 0.2) is 5.69 Å². The maximum absolute atomic E-state index is 13.3. The molecule has 0 spiro atoms. The molecule has 2 aromatic rings. The number of carbonyl (C=O) groups is 1. The molecule has 0 radical (unpaired) electrons. The minimum absolute atomic E-state index is 0.0560. The van der Waals surface area contributed by atoms with Crippen LogP contribution in [0.3, 0.4) is 0 Å². The highest BCUT2D eigenvalue weighted by Crippen LogP contribution is 2.35. The number of amides is 2. The van der Waals surface area contributed by atoms with Crippen LogP contribution in [0.1, 0.15) is 24.5 Å². The molecule has 3 heterocycles. The van der Waals surface area contributed by atoms with E-state index >= 15 is 0 Å². The number of rotatable bonds is 3. The SMILES string of the molecule is CCn1ncc(NC(=O)N2CCN(C)C(c3nccn3C)C2)c1C(F)(F)F. The Morgan fingerprint density at radius 3 is 2.67 bits per heavy atom. The predicted molar refractivity (Wildman–Crippen MR) is 92.1 cm³/mol. The number of piperazine rings is 1. The number of halogens is 3. The van der Waals surface area contributed by atoms with Crippen LogP contribution in [0.5, 0.6) is 0 Å². The Morgan fingerprint density at radius 2 is 2.07 bits per heavy atom. The Kier molecular flexibility index (Phi) is 5.13. The summed E-state index contributed by atoms with van der Waals surface area (Å²) in [5, 5.41) is 6.10. The van der Waals surface area contributed by atoms with E-state index in [4.69, 9.17) is 0 Å². The molecule has 148 valence electrons. The topological polar surface area (TPSA) is 71.2 Å². The molecule has 0 aromatic carbocycles. The van der Waals surface area contributed by atoms with Gasteiger partial charge in [-0.25, -0.2) is 9.78 Å². The van der Waals surface area contributed by atoms with Crippen LogP contribution in [0.2, 0.25) is 0 Å². The molecule has 0 aliphatic carbocycles. The number of nitrogens with zero attached hydrogens (tertiary/aromatic N) is 6. The second kappa shape index (κ2) is 7.22. The molecule has 1 atom stereocenters. The van der Waals surface area contributed by atoms with Crippen LogP contribution in [0.15, 0.2) is 18.6 Å². The van der Waals surface area contributed by atoms with Crippen LogP contribution < -0.4 is 5.32 Å². The lowest BCUT2D eigenvalue weighted by Crippen LogP contribution is -2.50. The normalized spacial score (nSPS) is 18.7. The molecular formula is C16H22F3N7O. The zero-order chi connectivity index (χ0) is 19.8. The summed E-state index contributed by atoms with van der Waals surface area (Å²) < 4.78 is 42.7. The smallest absolute Gasteiger partial charge is 0.337 e. The number of aromatic nitrogens is 4. The summed E-state index contributed by atoms with van der Waals surface area (Å²) in [7, 11) is 3.80. The minimum Gasteiger partial charge on any atom is -0.337 e. The van der Waals surface area contributed by atoms with Gasteiger partial charge in [0.25, 0.3) is 0 Å². The number of alkyl halides is 3.